The molecule has 2 N–H and O–H groups in total. The third-order valence-electron chi connectivity index (χ3n) is 3.92. The molecule has 0 amide bonds. The molecule has 3 rings (SSSR count). The van der Waals surface area contributed by atoms with Gasteiger partial charge in [0.2, 0.25) is 5.88 Å². The number of aryl methyl sites for hydroxylation is 3. The summed E-state index contributed by atoms with van der Waals surface area (Å²) < 4.78 is 19.4. The van der Waals surface area contributed by atoms with Crippen molar-refractivity contribution in [1.82, 2.24) is 4.98 Å². The molecule has 1 aromatic carbocycles. The van der Waals surface area contributed by atoms with Gasteiger partial charge < -0.3 is 10.5 Å². The van der Waals surface area contributed by atoms with Gasteiger partial charge in [-0.25, -0.2) is 9.37 Å². The number of rotatable bonds is 3. The molecule has 1 heterocycles. The Kier molecular flexibility index (Phi) is 3.88. The van der Waals surface area contributed by atoms with E-state index < -0.39 is 0 Å². The molecule has 1 aromatic heterocycles. The van der Waals surface area contributed by atoms with Gasteiger partial charge in [0.1, 0.15) is 11.6 Å². The lowest BCUT2D eigenvalue weighted by molar-refractivity contribution is 0.446. The zero-order valence-corrected chi connectivity index (χ0v) is 12.2. The lowest BCUT2D eigenvalue weighted by atomic mass is 9.95. The average molecular weight is 286 g/mol. The van der Waals surface area contributed by atoms with E-state index in [-0.39, 0.29) is 5.82 Å². The SMILES string of the molecule is Cc1ccc(Oc2nc3c(cc2CN)CCCC3)cc1F. The molecule has 4 heteroatoms. The van der Waals surface area contributed by atoms with Crippen LogP contribution in [-0.2, 0) is 19.4 Å². The molecule has 1 aliphatic rings. The summed E-state index contributed by atoms with van der Waals surface area (Å²) in [5.74, 6) is 0.678. The summed E-state index contributed by atoms with van der Waals surface area (Å²) in [7, 11) is 0. The average Bonchev–Trinajstić information content (AvgIpc) is 2.50. The Balaban J connectivity index is 1.95. The molecule has 2 aromatic rings. The van der Waals surface area contributed by atoms with Crippen molar-refractivity contribution in [2.45, 2.75) is 39.2 Å². The van der Waals surface area contributed by atoms with Gasteiger partial charge in [-0.2, -0.15) is 0 Å². The van der Waals surface area contributed by atoms with Gasteiger partial charge in [-0.05, 0) is 55.9 Å². The minimum atomic E-state index is -0.278. The predicted octanol–water partition coefficient (Wildman–Crippen LogP) is 3.66. The molecule has 0 aliphatic heterocycles. The Hall–Kier alpha value is -1.94. The highest BCUT2D eigenvalue weighted by atomic mass is 19.1. The third-order valence-corrected chi connectivity index (χ3v) is 3.92. The maximum absolute atomic E-state index is 13.6. The molecule has 0 unspecified atom stereocenters. The molecule has 0 radical (unpaired) electrons. The van der Waals surface area contributed by atoms with Crippen LogP contribution in [0.4, 0.5) is 4.39 Å². The summed E-state index contributed by atoms with van der Waals surface area (Å²) in [5, 5.41) is 0. The van der Waals surface area contributed by atoms with E-state index in [0.29, 0.717) is 23.7 Å². The van der Waals surface area contributed by atoms with Crippen molar-refractivity contribution < 1.29 is 9.13 Å². The van der Waals surface area contributed by atoms with Crippen LogP contribution in [-0.4, -0.2) is 4.98 Å². The fourth-order valence-corrected chi connectivity index (χ4v) is 2.65. The van der Waals surface area contributed by atoms with Crippen LogP contribution >= 0.6 is 0 Å². The summed E-state index contributed by atoms with van der Waals surface area (Å²) in [5.41, 5.74) is 9.62. The highest BCUT2D eigenvalue weighted by molar-refractivity contribution is 5.39. The van der Waals surface area contributed by atoms with E-state index in [1.54, 1.807) is 19.1 Å². The van der Waals surface area contributed by atoms with Crippen LogP contribution in [0.1, 0.15) is 35.2 Å². The Morgan fingerprint density at radius 2 is 2.05 bits per heavy atom. The molecular formula is C17H19FN2O. The molecule has 0 saturated heterocycles. The number of halogens is 1. The van der Waals surface area contributed by atoms with E-state index in [4.69, 9.17) is 10.5 Å². The smallest absolute Gasteiger partial charge is 0.223 e. The molecular weight excluding hydrogens is 267 g/mol. The molecule has 3 nitrogen and oxygen atoms in total. The van der Waals surface area contributed by atoms with Crippen molar-refractivity contribution in [2.24, 2.45) is 5.73 Å². The first-order valence-corrected chi connectivity index (χ1v) is 7.33. The second kappa shape index (κ2) is 5.82. The first kappa shape index (κ1) is 14.0. The minimum Gasteiger partial charge on any atom is -0.439 e. The molecule has 21 heavy (non-hydrogen) atoms. The van der Waals surface area contributed by atoms with Crippen molar-refractivity contribution in [3.05, 3.63) is 52.5 Å². The van der Waals surface area contributed by atoms with Gasteiger partial charge in [0.25, 0.3) is 0 Å². The van der Waals surface area contributed by atoms with Gasteiger partial charge in [-0.1, -0.05) is 6.07 Å². The Labute approximate surface area is 124 Å². The van der Waals surface area contributed by atoms with E-state index in [1.807, 2.05) is 0 Å². The molecule has 0 saturated carbocycles. The highest BCUT2D eigenvalue weighted by Crippen LogP contribution is 2.29. The van der Waals surface area contributed by atoms with Crippen molar-refractivity contribution in [1.29, 1.82) is 0 Å². The Morgan fingerprint density at radius 1 is 1.24 bits per heavy atom. The number of fused-ring (bicyclic) bond motifs is 1. The Bertz CT molecular complexity index is 670. The van der Waals surface area contributed by atoms with Crippen LogP contribution in [0.2, 0.25) is 0 Å². The second-order valence-corrected chi connectivity index (χ2v) is 5.48. The zero-order chi connectivity index (χ0) is 14.8. The van der Waals surface area contributed by atoms with Crippen LogP contribution < -0.4 is 10.5 Å². The summed E-state index contributed by atoms with van der Waals surface area (Å²) in [4.78, 5) is 4.61. The molecule has 0 fully saturated rings. The van der Waals surface area contributed by atoms with Crippen LogP contribution in [0, 0.1) is 12.7 Å². The molecule has 0 bridgehead atoms. The maximum Gasteiger partial charge on any atom is 0.223 e. The number of pyridine rings is 1. The number of hydrogen-bond acceptors (Lipinski definition) is 3. The largest absolute Gasteiger partial charge is 0.439 e. The van der Waals surface area contributed by atoms with Gasteiger partial charge in [-0.3, -0.25) is 0 Å². The van der Waals surface area contributed by atoms with Gasteiger partial charge in [0.15, 0.2) is 0 Å². The number of aromatic nitrogens is 1. The first-order valence-electron chi connectivity index (χ1n) is 7.33. The zero-order valence-electron chi connectivity index (χ0n) is 12.2. The molecule has 0 atom stereocenters. The molecule has 0 spiro atoms. The number of ether oxygens (including phenoxy) is 1. The monoisotopic (exact) mass is 286 g/mol. The second-order valence-electron chi connectivity index (χ2n) is 5.48. The van der Waals surface area contributed by atoms with Crippen molar-refractivity contribution in [3.8, 4) is 11.6 Å². The van der Waals surface area contributed by atoms with Gasteiger partial charge in [-0.15, -0.1) is 0 Å². The lowest BCUT2D eigenvalue weighted by Gasteiger charge is -2.18. The van der Waals surface area contributed by atoms with E-state index in [0.717, 1.165) is 30.5 Å². The van der Waals surface area contributed by atoms with Crippen molar-refractivity contribution >= 4 is 0 Å². The fraction of sp³-hybridized carbons (Fsp3) is 0.353. The van der Waals surface area contributed by atoms with Gasteiger partial charge in [0, 0.05) is 23.9 Å². The number of benzene rings is 1. The van der Waals surface area contributed by atoms with Crippen LogP contribution in [0.5, 0.6) is 11.6 Å². The third kappa shape index (κ3) is 2.90. The summed E-state index contributed by atoms with van der Waals surface area (Å²) >= 11 is 0. The minimum absolute atomic E-state index is 0.278. The van der Waals surface area contributed by atoms with E-state index >= 15 is 0 Å². The number of nitrogens with two attached hydrogens (primary N) is 1. The summed E-state index contributed by atoms with van der Waals surface area (Å²) in [6.45, 7) is 2.09. The highest BCUT2D eigenvalue weighted by Gasteiger charge is 2.16. The Morgan fingerprint density at radius 3 is 2.81 bits per heavy atom. The summed E-state index contributed by atoms with van der Waals surface area (Å²) in [6.07, 6.45) is 4.37. The maximum atomic E-state index is 13.6. The predicted molar refractivity (Wildman–Crippen MR) is 80.0 cm³/mol. The van der Waals surface area contributed by atoms with Crippen molar-refractivity contribution in [2.75, 3.05) is 0 Å². The standard InChI is InChI=1S/C17H19FN2O/c1-11-6-7-14(9-15(11)18)21-17-13(10-19)8-12-4-2-3-5-16(12)20-17/h6-9H,2-5,10,19H2,1H3. The van der Waals surface area contributed by atoms with Crippen LogP contribution in [0.15, 0.2) is 24.3 Å². The first-order chi connectivity index (χ1) is 10.2. The summed E-state index contributed by atoms with van der Waals surface area (Å²) in [6, 6.07) is 6.92. The van der Waals surface area contributed by atoms with Gasteiger partial charge >= 0.3 is 0 Å². The quantitative estimate of drug-likeness (QED) is 0.936. The van der Waals surface area contributed by atoms with Crippen molar-refractivity contribution in [3.63, 3.8) is 0 Å². The van der Waals surface area contributed by atoms with Gasteiger partial charge in [0.05, 0.1) is 0 Å². The van der Waals surface area contributed by atoms with Crippen LogP contribution in [0.25, 0.3) is 0 Å². The van der Waals surface area contributed by atoms with E-state index in [2.05, 4.69) is 11.1 Å². The molecule has 1 aliphatic carbocycles. The van der Waals surface area contributed by atoms with E-state index in [1.165, 1.54) is 18.1 Å². The topological polar surface area (TPSA) is 48.1 Å². The number of hydrogen-bond donors (Lipinski definition) is 1. The van der Waals surface area contributed by atoms with E-state index in [9.17, 15) is 4.39 Å². The van der Waals surface area contributed by atoms with Crippen LogP contribution in [0.3, 0.4) is 0 Å². The molecule has 110 valence electrons. The fourth-order valence-electron chi connectivity index (χ4n) is 2.65. The number of nitrogens with zero attached hydrogens (tertiary/aromatic N) is 1. The lowest BCUT2D eigenvalue weighted by Crippen LogP contribution is -2.10. The normalized spacial score (nSPS) is 13.9.